The van der Waals surface area contributed by atoms with E-state index >= 15 is 0 Å². The maximum Gasteiger partial charge on any atom is 0.302 e. The minimum atomic E-state index is -0.342. The molecule has 3 atom stereocenters. The second kappa shape index (κ2) is 12.7. The summed E-state index contributed by atoms with van der Waals surface area (Å²) in [6, 6.07) is 0. The first-order valence-electron chi connectivity index (χ1n) is 9.46. The van der Waals surface area contributed by atoms with E-state index in [1.165, 1.54) is 20.8 Å². The van der Waals surface area contributed by atoms with Gasteiger partial charge < -0.3 is 18.9 Å². The molecule has 0 aliphatic carbocycles. The van der Waals surface area contributed by atoms with Gasteiger partial charge in [-0.05, 0) is 51.4 Å². The van der Waals surface area contributed by atoms with Crippen LogP contribution in [0.25, 0.3) is 0 Å². The minimum absolute atomic E-state index is 0.205. The van der Waals surface area contributed by atoms with Crippen molar-refractivity contribution >= 4 is 17.9 Å². The van der Waals surface area contributed by atoms with Gasteiger partial charge in [0.05, 0.1) is 12.7 Å². The number of carbonyl (C=O) groups excluding carboxylic acids is 3. The van der Waals surface area contributed by atoms with Gasteiger partial charge in [-0.2, -0.15) is 0 Å². The monoisotopic (exact) mass is 372 g/mol. The molecule has 1 heterocycles. The van der Waals surface area contributed by atoms with Gasteiger partial charge in [0, 0.05) is 27.4 Å². The maximum atomic E-state index is 11.4. The lowest BCUT2D eigenvalue weighted by Crippen LogP contribution is -2.23. The van der Waals surface area contributed by atoms with Crippen LogP contribution in [0.5, 0.6) is 0 Å². The summed E-state index contributed by atoms with van der Waals surface area (Å²) in [5, 5.41) is 0. The molecule has 150 valence electrons. The smallest absolute Gasteiger partial charge is 0.302 e. The molecule has 0 aromatic carbocycles. The number of carbonyl (C=O) groups is 3. The fourth-order valence-electron chi connectivity index (χ4n) is 3.14. The average molecular weight is 372 g/mol. The summed E-state index contributed by atoms with van der Waals surface area (Å²) < 4.78 is 21.3. The molecule has 1 saturated heterocycles. The first-order chi connectivity index (χ1) is 12.4. The Hall–Kier alpha value is -1.63. The highest BCUT2D eigenvalue weighted by Gasteiger charge is 2.21. The lowest BCUT2D eigenvalue weighted by molar-refractivity contribution is -0.151. The van der Waals surface area contributed by atoms with Gasteiger partial charge in [-0.15, -0.1) is 0 Å². The van der Waals surface area contributed by atoms with E-state index in [2.05, 4.69) is 0 Å². The summed E-state index contributed by atoms with van der Waals surface area (Å²) in [6.07, 6.45) is 5.96. The fourth-order valence-corrected chi connectivity index (χ4v) is 3.14. The van der Waals surface area contributed by atoms with E-state index in [4.69, 9.17) is 18.9 Å². The standard InChI is InChI=1S/C19H32O7/c1-14(20)23-12-5-7-18(25-15(2)21)10-11-19(26-16(3)22)9-8-17-6-4-13-24-17/h17-19H,4-13H2,1-3H3/t17-,18+,19-/m0/s1. The highest BCUT2D eigenvalue weighted by molar-refractivity contribution is 5.66. The normalized spacial score (nSPS) is 18.8. The fraction of sp³-hybridized carbons (Fsp3) is 0.842. The van der Waals surface area contributed by atoms with Gasteiger partial charge in [0.25, 0.3) is 0 Å². The Morgan fingerprint density at radius 1 is 0.923 bits per heavy atom. The average Bonchev–Trinajstić information content (AvgIpc) is 3.06. The molecule has 1 fully saturated rings. The van der Waals surface area contributed by atoms with Gasteiger partial charge in [-0.1, -0.05) is 0 Å². The molecule has 0 bridgehead atoms. The molecule has 7 nitrogen and oxygen atoms in total. The third-order valence-corrected chi connectivity index (χ3v) is 4.29. The van der Waals surface area contributed by atoms with E-state index in [-0.39, 0.29) is 36.2 Å². The number of hydrogen-bond acceptors (Lipinski definition) is 7. The predicted octanol–water partition coefficient (Wildman–Crippen LogP) is 2.93. The third kappa shape index (κ3) is 11.1. The van der Waals surface area contributed by atoms with Gasteiger partial charge in [-0.3, -0.25) is 14.4 Å². The Kier molecular flexibility index (Phi) is 10.9. The minimum Gasteiger partial charge on any atom is -0.466 e. The first kappa shape index (κ1) is 22.4. The van der Waals surface area contributed by atoms with Crippen LogP contribution in [0.2, 0.25) is 0 Å². The Labute approximate surface area is 155 Å². The number of rotatable bonds is 12. The van der Waals surface area contributed by atoms with Gasteiger partial charge >= 0.3 is 17.9 Å². The van der Waals surface area contributed by atoms with Crippen molar-refractivity contribution in [1.29, 1.82) is 0 Å². The Bertz CT molecular complexity index is 443. The topological polar surface area (TPSA) is 88.1 Å². The van der Waals surface area contributed by atoms with Crippen LogP contribution in [0.15, 0.2) is 0 Å². The third-order valence-electron chi connectivity index (χ3n) is 4.29. The molecule has 7 heteroatoms. The van der Waals surface area contributed by atoms with Crippen molar-refractivity contribution in [3.63, 3.8) is 0 Å². The summed E-state index contributed by atoms with van der Waals surface area (Å²) in [6.45, 7) is 5.25. The van der Waals surface area contributed by atoms with Crippen LogP contribution in [0, 0.1) is 0 Å². The van der Waals surface area contributed by atoms with Crippen molar-refractivity contribution in [3.05, 3.63) is 0 Å². The Morgan fingerprint density at radius 2 is 1.54 bits per heavy atom. The quantitative estimate of drug-likeness (QED) is 0.296. The first-order valence-corrected chi connectivity index (χ1v) is 9.46. The van der Waals surface area contributed by atoms with Crippen molar-refractivity contribution in [2.45, 2.75) is 90.4 Å². The van der Waals surface area contributed by atoms with Crippen molar-refractivity contribution in [3.8, 4) is 0 Å². The van der Waals surface area contributed by atoms with E-state index < -0.39 is 0 Å². The van der Waals surface area contributed by atoms with Gasteiger partial charge in [0.15, 0.2) is 0 Å². The van der Waals surface area contributed by atoms with E-state index in [1.54, 1.807) is 0 Å². The number of hydrogen-bond donors (Lipinski definition) is 0. The van der Waals surface area contributed by atoms with Crippen LogP contribution < -0.4 is 0 Å². The summed E-state index contributed by atoms with van der Waals surface area (Å²) in [7, 11) is 0. The second-order valence-corrected chi connectivity index (χ2v) is 6.73. The van der Waals surface area contributed by atoms with Gasteiger partial charge in [0.2, 0.25) is 0 Å². The highest BCUT2D eigenvalue weighted by Crippen LogP contribution is 2.22. The Balaban J connectivity index is 2.42. The zero-order valence-corrected chi connectivity index (χ0v) is 16.2. The molecule has 0 aromatic rings. The SMILES string of the molecule is CC(=O)OCCC[C@H](CC[C@H](CC[C@@H]1CCCO1)OC(C)=O)OC(C)=O. The van der Waals surface area contributed by atoms with Crippen LogP contribution in [0.4, 0.5) is 0 Å². The lowest BCUT2D eigenvalue weighted by atomic mass is 10.0. The van der Waals surface area contributed by atoms with E-state index in [1.807, 2.05) is 0 Å². The molecule has 0 saturated carbocycles. The zero-order valence-electron chi connectivity index (χ0n) is 16.2. The summed E-state index contributed by atoms with van der Waals surface area (Å²) in [5.41, 5.74) is 0. The van der Waals surface area contributed by atoms with Gasteiger partial charge in [0.1, 0.15) is 12.2 Å². The number of esters is 3. The molecule has 0 radical (unpaired) electrons. The molecule has 1 aliphatic heterocycles. The van der Waals surface area contributed by atoms with Crippen LogP contribution >= 0.6 is 0 Å². The van der Waals surface area contributed by atoms with E-state index in [9.17, 15) is 14.4 Å². The highest BCUT2D eigenvalue weighted by atomic mass is 16.6. The molecule has 0 amide bonds. The molecule has 1 rings (SSSR count). The number of ether oxygens (including phenoxy) is 4. The van der Waals surface area contributed by atoms with Gasteiger partial charge in [-0.25, -0.2) is 0 Å². The molecule has 0 N–H and O–H groups in total. The van der Waals surface area contributed by atoms with Crippen LogP contribution in [0.1, 0.15) is 72.1 Å². The summed E-state index contributed by atoms with van der Waals surface area (Å²) >= 11 is 0. The molecular weight excluding hydrogens is 340 g/mol. The van der Waals surface area contributed by atoms with Crippen LogP contribution in [-0.4, -0.2) is 49.4 Å². The van der Waals surface area contributed by atoms with Crippen molar-refractivity contribution < 1.29 is 33.3 Å². The van der Waals surface area contributed by atoms with E-state index in [0.29, 0.717) is 32.3 Å². The molecule has 0 spiro atoms. The summed E-state index contributed by atoms with van der Waals surface area (Å²) in [4.78, 5) is 33.5. The molecule has 0 aromatic heterocycles. The second-order valence-electron chi connectivity index (χ2n) is 6.73. The lowest BCUT2D eigenvalue weighted by Gasteiger charge is -2.22. The maximum absolute atomic E-state index is 11.4. The molecule has 1 aliphatic rings. The largest absolute Gasteiger partial charge is 0.466 e. The van der Waals surface area contributed by atoms with Crippen molar-refractivity contribution in [2.24, 2.45) is 0 Å². The molecule has 0 unspecified atom stereocenters. The molecule has 26 heavy (non-hydrogen) atoms. The van der Waals surface area contributed by atoms with Crippen LogP contribution in [0.3, 0.4) is 0 Å². The van der Waals surface area contributed by atoms with Crippen LogP contribution in [-0.2, 0) is 33.3 Å². The van der Waals surface area contributed by atoms with Crippen molar-refractivity contribution in [2.75, 3.05) is 13.2 Å². The molecular formula is C19H32O7. The predicted molar refractivity (Wildman–Crippen MR) is 94.4 cm³/mol. The van der Waals surface area contributed by atoms with E-state index in [0.717, 1.165) is 32.3 Å². The zero-order chi connectivity index (χ0) is 19.4. The Morgan fingerprint density at radius 3 is 2.04 bits per heavy atom. The summed E-state index contributed by atoms with van der Waals surface area (Å²) in [5.74, 6) is -0.967. The van der Waals surface area contributed by atoms with Crippen molar-refractivity contribution in [1.82, 2.24) is 0 Å².